The molecule has 2 saturated carbocycles. The number of amides is 1. The Morgan fingerprint density at radius 3 is 2.62 bits per heavy atom. The first-order chi connectivity index (χ1) is 16.0. The summed E-state index contributed by atoms with van der Waals surface area (Å²) >= 11 is 0. The third-order valence-corrected chi connectivity index (χ3v) is 8.31. The van der Waals surface area contributed by atoms with Crippen LogP contribution in [0.5, 0.6) is 5.75 Å². The predicted molar refractivity (Wildman–Crippen MR) is 125 cm³/mol. The van der Waals surface area contributed by atoms with Crippen LogP contribution in [0.4, 0.5) is 0 Å². The van der Waals surface area contributed by atoms with Crippen LogP contribution in [-0.2, 0) is 21.4 Å². The average molecular weight is 474 g/mol. The fraction of sp³-hybridized carbons (Fsp3) is 0.640. The first-order valence-corrected chi connectivity index (χ1v) is 12.0. The fourth-order valence-electron chi connectivity index (χ4n) is 6.42. The van der Waals surface area contributed by atoms with Gasteiger partial charge in [0.05, 0.1) is 23.6 Å². The highest BCUT2D eigenvalue weighted by molar-refractivity contribution is 5.96. The van der Waals surface area contributed by atoms with Gasteiger partial charge in [-0.15, -0.1) is 0 Å². The largest absolute Gasteiger partial charge is 0.507 e. The van der Waals surface area contributed by atoms with E-state index in [1.807, 2.05) is 20.0 Å². The van der Waals surface area contributed by atoms with Gasteiger partial charge in [0.15, 0.2) is 0 Å². The lowest BCUT2D eigenvalue weighted by molar-refractivity contribution is -0.140. The highest BCUT2D eigenvalue weighted by Crippen LogP contribution is 2.56. The van der Waals surface area contributed by atoms with Crippen LogP contribution >= 0.6 is 0 Å². The third-order valence-electron chi connectivity index (χ3n) is 8.31. The number of hydrogen-bond donors (Lipinski definition) is 5. The van der Waals surface area contributed by atoms with Gasteiger partial charge >= 0.3 is 5.97 Å². The monoisotopic (exact) mass is 473 g/mol. The van der Waals surface area contributed by atoms with E-state index in [4.69, 9.17) is 10.8 Å². The van der Waals surface area contributed by atoms with E-state index in [1.165, 1.54) is 18.9 Å². The van der Waals surface area contributed by atoms with Gasteiger partial charge in [-0.2, -0.15) is 0 Å². The van der Waals surface area contributed by atoms with Crippen molar-refractivity contribution in [3.05, 3.63) is 28.8 Å². The molecular weight excluding hydrogens is 438 g/mol. The minimum absolute atomic E-state index is 0.0128. The van der Waals surface area contributed by atoms with Crippen molar-refractivity contribution in [2.24, 2.45) is 11.7 Å². The molecule has 2 unspecified atom stereocenters. The molecule has 0 aliphatic heterocycles. The number of nitrogens with zero attached hydrogens (tertiary/aromatic N) is 1. The Labute approximate surface area is 199 Å². The van der Waals surface area contributed by atoms with Gasteiger partial charge in [-0.3, -0.25) is 14.5 Å². The lowest BCUT2D eigenvalue weighted by Crippen LogP contribution is -2.69. The first kappa shape index (κ1) is 24.6. The zero-order valence-corrected chi connectivity index (χ0v) is 19.8. The number of hydrogen-bond acceptors (Lipinski definition) is 7. The number of carbonyl (C=O) groups is 3. The van der Waals surface area contributed by atoms with Crippen molar-refractivity contribution in [3.63, 3.8) is 0 Å². The lowest BCUT2D eigenvalue weighted by atomic mass is 9.52. The standard InChI is InChI=1S/C25H35N3O6/c1-24-11-16(27-17(13-29)10-20(30)31)7-8-25(24,34)19(28(2)12-14-3-4-14)9-15-5-6-18(23(26)33)22(32)21(15)24/h5-6,13-14,16-17,19,27,32,34H,3-4,7-12H2,1-2H3,(H2,26,33)(H,30,31)/t16-,17?,19-,24?,25-/m1/s1. The van der Waals surface area contributed by atoms with Gasteiger partial charge in [0.1, 0.15) is 12.0 Å². The molecule has 4 rings (SSSR count). The van der Waals surface area contributed by atoms with Crippen LogP contribution in [0.25, 0.3) is 0 Å². The van der Waals surface area contributed by atoms with Crippen LogP contribution in [-0.4, -0.2) is 75.7 Å². The minimum atomic E-state index is -1.20. The van der Waals surface area contributed by atoms with E-state index in [-0.39, 0.29) is 29.8 Å². The smallest absolute Gasteiger partial charge is 0.305 e. The number of aldehydes is 1. The number of primary amides is 1. The van der Waals surface area contributed by atoms with Gasteiger partial charge in [-0.1, -0.05) is 13.0 Å². The molecule has 0 heterocycles. The molecular formula is C25H35N3O6. The van der Waals surface area contributed by atoms with Crippen LogP contribution in [0.2, 0.25) is 0 Å². The molecule has 1 aromatic carbocycles. The van der Waals surface area contributed by atoms with Gasteiger partial charge in [0, 0.05) is 29.6 Å². The number of fused-ring (bicyclic) bond motifs is 3. The molecule has 3 aliphatic rings. The molecule has 9 nitrogen and oxygen atoms in total. The number of carboxylic acid groups (broad SMARTS) is 1. The van der Waals surface area contributed by atoms with Gasteiger partial charge in [0.25, 0.3) is 5.91 Å². The average Bonchev–Trinajstić information content (AvgIpc) is 3.57. The van der Waals surface area contributed by atoms with E-state index in [0.29, 0.717) is 43.5 Å². The summed E-state index contributed by atoms with van der Waals surface area (Å²) in [7, 11) is 2.03. The number of nitrogens with one attached hydrogen (secondary N) is 1. The molecule has 6 N–H and O–H groups in total. The number of benzene rings is 1. The molecule has 34 heavy (non-hydrogen) atoms. The number of nitrogens with two attached hydrogens (primary N) is 1. The Balaban J connectivity index is 1.75. The van der Waals surface area contributed by atoms with Crippen molar-refractivity contribution >= 4 is 18.2 Å². The molecule has 0 saturated heterocycles. The summed E-state index contributed by atoms with van der Waals surface area (Å²) in [5, 5.41) is 35.7. The van der Waals surface area contributed by atoms with E-state index in [0.717, 1.165) is 12.1 Å². The maximum absolute atomic E-state index is 12.3. The van der Waals surface area contributed by atoms with E-state index in [2.05, 4.69) is 10.2 Å². The number of carbonyl (C=O) groups excluding carboxylic acids is 2. The van der Waals surface area contributed by atoms with Crippen LogP contribution in [0.3, 0.4) is 0 Å². The number of likely N-dealkylation sites (N-methyl/N-ethyl adjacent to an activating group) is 1. The number of carboxylic acids is 1. The molecule has 0 bridgehead atoms. The zero-order valence-electron chi connectivity index (χ0n) is 19.8. The molecule has 2 fully saturated rings. The van der Waals surface area contributed by atoms with E-state index in [9.17, 15) is 24.6 Å². The second-order valence-electron chi connectivity index (χ2n) is 10.7. The number of aliphatic hydroxyl groups is 1. The van der Waals surface area contributed by atoms with E-state index < -0.39 is 28.9 Å². The van der Waals surface area contributed by atoms with Crippen molar-refractivity contribution in [2.45, 2.75) is 81.0 Å². The van der Waals surface area contributed by atoms with Crippen LogP contribution in [0, 0.1) is 5.92 Å². The fourth-order valence-corrected chi connectivity index (χ4v) is 6.42. The summed E-state index contributed by atoms with van der Waals surface area (Å²) in [5.41, 5.74) is 4.76. The molecule has 1 aromatic rings. The third kappa shape index (κ3) is 4.21. The minimum Gasteiger partial charge on any atom is -0.507 e. The topological polar surface area (TPSA) is 153 Å². The van der Waals surface area contributed by atoms with Crippen molar-refractivity contribution in [1.82, 2.24) is 10.2 Å². The maximum atomic E-state index is 12.3. The SMILES string of the molecule is CN(CC1CC1)[C@@H]1Cc2ccc(C(N)=O)c(O)c2C2(C)C[C@H](NC(C=O)CC(=O)O)CC[C@@]12O. The number of phenols is 1. The van der Waals surface area contributed by atoms with Crippen molar-refractivity contribution in [1.29, 1.82) is 0 Å². The Morgan fingerprint density at radius 2 is 2.03 bits per heavy atom. The van der Waals surface area contributed by atoms with Crippen molar-refractivity contribution < 1.29 is 29.7 Å². The molecule has 186 valence electrons. The summed E-state index contributed by atoms with van der Waals surface area (Å²) < 4.78 is 0. The molecule has 0 aromatic heterocycles. The Kier molecular flexibility index (Phi) is 6.48. The quantitative estimate of drug-likeness (QED) is 0.332. The van der Waals surface area contributed by atoms with Crippen LogP contribution in [0.1, 0.15) is 66.9 Å². The van der Waals surface area contributed by atoms with Gasteiger partial charge in [0.2, 0.25) is 0 Å². The highest BCUT2D eigenvalue weighted by atomic mass is 16.4. The summed E-state index contributed by atoms with van der Waals surface area (Å²) in [5.74, 6) is -1.38. The zero-order chi connectivity index (χ0) is 24.8. The summed E-state index contributed by atoms with van der Waals surface area (Å²) in [6, 6.07) is 2.06. The molecule has 0 spiro atoms. The summed E-state index contributed by atoms with van der Waals surface area (Å²) in [4.78, 5) is 36.9. The second-order valence-corrected chi connectivity index (χ2v) is 10.7. The molecule has 5 atom stereocenters. The normalized spacial score (nSPS) is 31.4. The van der Waals surface area contributed by atoms with Crippen LogP contribution < -0.4 is 11.1 Å². The number of aliphatic carboxylic acids is 1. The first-order valence-electron chi connectivity index (χ1n) is 12.0. The Morgan fingerprint density at radius 1 is 1.32 bits per heavy atom. The number of rotatable bonds is 9. The maximum Gasteiger partial charge on any atom is 0.305 e. The van der Waals surface area contributed by atoms with E-state index in [1.54, 1.807) is 0 Å². The van der Waals surface area contributed by atoms with E-state index >= 15 is 0 Å². The predicted octanol–water partition coefficient (Wildman–Crippen LogP) is 0.931. The van der Waals surface area contributed by atoms with Crippen molar-refractivity contribution in [3.8, 4) is 5.75 Å². The summed E-state index contributed by atoms with van der Waals surface area (Å²) in [6.07, 6.45) is 4.50. The summed E-state index contributed by atoms with van der Waals surface area (Å²) in [6.45, 7) is 2.78. The Hall–Kier alpha value is -2.49. The van der Waals surface area contributed by atoms with Crippen LogP contribution in [0.15, 0.2) is 12.1 Å². The molecule has 3 aliphatic carbocycles. The van der Waals surface area contributed by atoms with Gasteiger partial charge < -0.3 is 31.2 Å². The lowest BCUT2D eigenvalue weighted by Gasteiger charge is -2.60. The second kappa shape index (κ2) is 8.94. The van der Waals surface area contributed by atoms with Crippen molar-refractivity contribution in [2.75, 3.05) is 13.6 Å². The number of aromatic hydroxyl groups is 1. The Bertz CT molecular complexity index is 995. The van der Waals surface area contributed by atoms with Gasteiger partial charge in [-0.25, -0.2) is 0 Å². The molecule has 9 heteroatoms. The molecule has 0 radical (unpaired) electrons. The highest BCUT2D eigenvalue weighted by Gasteiger charge is 2.61. The van der Waals surface area contributed by atoms with Gasteiger partial charge in [-0.05, 0) is 63.1 Å². The molecule has 1 amide bonds.